The largest absolute Gasteiger partial charge is 0.480 e. The smallest absolute Gasteiger partial charge is 0.323 e. The van der Waals surface area contributed by atoms with E-state index in [-0.39, 0.29) is 18.2 Å². The summed E-state index contributed by atoms with van der Waals surface area (Å²) < 4.78 is 4.42. The number of carbonyl (C=O) groups excluding carboxylic acids is 1. The van der Waals surface area contributed by atoms with Gasteiger partial charge in [-0.1, -0.05) is 21.6 Å². The van der Waals surface area contributed by atoms with E-state index in [2.05, 4.69) is 4.74 Å². The molecule has 0 fully saturated rings. The summed E-state index contributed by atoms with van der Waals surface area (Å²) in [6.45, 7) is 0. The van der Waals surface area contributed by atoms with Gasteiger partial charge in [-0.15, -0.1) is 12.4 Å². The second kappa shape index (κ2) is 10.0. The van der Waals surface area contributed by atoms with Crippen LogP contribution in [0.2, 0.25) is 0 Å². The van der Waals surface area contributed by atoms with Crippen molar-refractivity contribution in [1.82, 2.24) is 0 Å². The van der Waals surface area contributed by atoms with Gasteiger partial charge in [-0.2, -0.15) is 0 Å². The zero-order valence-corrected chi connectivity index (χ0v) is 11.1. The van der Waals surface area contributed by atoms with E-state index in [0.717, 1.165) is 0 Å². The van der Waals surface area contributed by atoms with Crippen LogP contribution in [0.1, 0.15) is 0 Å². The van der Waals surface area contributed by atoms with E-state index >= 15 is 0 Å². The highest BCUT2D eigenvalue weighted by Gasteiger charge is 2.15. The average Bonchev–Trinajstić information content (AvgIpc) is 2.22. The van der Waals surface area contributed by atoms with Crippen molar-refractivity contribution in [3.63, 3.8) is 0 Å². The van der Waals surface area contributed by atoms with E-state index in [1.165, 1.54) is 28.7 Å². The molecule has 0 amide bonds. The van der Waals surface area contributed by atoms with E-state index in [1.54, 1.807) is 0 Å². The lowest BCUT2D eigenvalue weighted by atomic mass is 10.4. The zero-order valence-electron chi connectivity index (χ0n) is 8.62. The normalized spacial score (nSPS) is 13.4. The Balaban J connectivity index is 0. The predicted molar refractivity (Wildman–Crippen MR) is 67.8 cm³/mol. The third kappa shape index (κ3) is 8.05. The van der Waals surface area contributed by atoms with Crippen molar-refractivity contribution in [2.24, 2.45) is 11.5 Å². The second-order valence-corrected chi connectivity index (χ2v) is 5.20. The molecule has 0 saturated carbocycles. The number of ether oxygens (including phenoxy) is 1. The van der Waals surface area contributed by atoms with Crippen molar-refractivity contribution >= 4 is 45.9 Å². The molecule has 0 heterocycles. The van der Waals surface area contributed by atoms with Gasteiger partial charge in [0.15, 0.2) is 0 Å². The van der Waals surface area contributed by atoms with Crippen LogP contribution in [0, 0.1) is 0 Å². The lowest BCUT2D eigenvalue weighted by molar-refractivity contribution is -0.141. The number of halogens is 1. The van der Waals surface area contributed by atoms with Gasteiger partial charge in [-0.3, -0.25) is 9.59 Å². The molecular weight excluding hydrogens is 276 g/mol. The Morgan fingerprint density at radius 2 is 1.69 bits per heavy atom. The Morgan fingerprint density at radius 1 is 1.25 bits per heavy atom. The first-order chi connectivity index (χ1) is 6.99. The minimum Gasteiger partial charge on any atom is -0.480 e. The number of esters is 1. The Hall–Kier alpha value is -0.150. The number of carboxylic acid groups (broad SMARTS) is 1. The number of hydrogen-bond acceptors (Lipinski definition) is 7. The third-order valence-corrected chi connectivity index (χ3v) is 3.87. The molecule has 9 heteroatoms. The molecule has 16 heavy (non-hydrogen) atoms. The molecule has 0 saturated heterocycles. The van der Waals surface area contributed by atoms with E-state index in [1.807, 2.05) is 0 Å². The lowest BCUT2D eigenvalue weighted by Gasteiger charge is -2.09. The van der Waals surface area contributed by atoms with Crippen LogP contribution in [-0.2, 0) is 14.3 Å². The lowest BCUT2D eigenvalue weighted by Crippen LogP contribution is -2.34. The Bertz CT molecular complexity index is 232. The van der Waals surface area contributed by atoms with Crippen molar-refractivity contribution in [3.05, 3.63) is 0 Å². The Kier molecular flexibility index (Phi) is 11.4. The van der Waals surface area contributed by atoms with E-state index in [0.29, 0.717) is 5.75 Å². The van der Waals surface area contributed by atoms with Crippen LogP contribution in [0.25, 0.3) is 0 Å². The summed E-state index contributed by atoms with van der Waals surface area (Å²) in [5.41, 5.74) is 10.7. The molecule has 0 aliphatic rings. The second-order valence-electron chi connectivity index (χ2n) is 2.64. The monoisotopic (exact) mass is 290 g/mol. The zero-order chi connectivity index (χ0) is 11.8. The van der Waals surface area contributed by atoms with Crippen LogP contribution >= 0.6 is 34.0 Å². The molecule has 0 radical (unpaired) electrons. The van der Waals surface area contributed by atoms with Crippen LogP contribution in [0.5, 0.6) is 0 Å². The SMILES string of the molecule is COC(=O)[C@@H](N)CSSC[C@H](N)C(=O)O.Cl. The summed E-state index contributed by atoms with van der Waals surface area (Å²) in [7, 11) is 3.83. The minimum atomic E-state index is -1.04. The highest BCUT2D eigenvalue weighted by Crippen LogP contribution is 2.22. The van der Waals surface area contributed by atoms with E-state index < -0.39 is 24.0 Å². The number of rotatable bonds is 7. The Labute approximate surface area is 108 Å². The van der Waals surface area contributed by atoms with Crippen molar-refractivity contribution in [2.75, 3.05) is 18.6 Å². The standard InChI is InChI=1S/C7H14N2O4S2.ClH/c1-13-7(12)5(9)3-15-14-2-4(8)6(10)11;/h4-5H,2-3,8-9H2,1H3,(H,10,11);1H/t4-,5-;/m0./s1. The molecule has 0 aromatic carbocycles. The summed E-state index contributed by atoms with van der Waals surface area (Å²) in [4.78, 5) is 21.2. The number of aliphatic carboxylic acids is 1. The molecule has 2 atom stereocenters. The quantitative estimate of drug-likeness (QED) is 0.332. The summed E-state index contributed by atoms with van der Waals surface area (Å²) >= 11 is 0. The first-order valence-electron chi connectivity index (χ1n) is 4.05. The fourth-order valence-electron chi connectivity index (χ4n) is 0.534. The third-order valence-electron chi connectivity index (χ3n) is 1.40. The average molecular weight is 291 g/mol. The van der Waals surface area contributed by atoms with Gasteiger partial charge in [-0.05, 0) is 0 Å². The van der Waals surface area contributed by atoms with Gasteiger partial charge in [0.1, 0.15) is 12.1 Å². The van der Waals surface area contributed by atoms with Gasteiger partial charge in [0.25, 0.3) is 0 Å². The molecule has 96 valence electrons. The molecule has 0 aromatic rings. The number of methoxy groups -OCH3 is 1. The van der Waals surface area contributed by atoms with Gasteiger partial charge >= 0.3 is 11.9 Å². The molecule has 0 aliphatic carbocycles. The minimum absolute atomic E-state index is 0. The van der Waals surface area contributed by atoms with Crippen molar-refractivity contribution in [1.29, 1.82) is 0 Å². The predicted octanol–water partition coefficient (Wildman–Crippen LogP) is -0.298. The van der Waals surface area contributed by atoms with Crippen LogP contribution < -0.4 is 11.5 Å². The number of nitrogens with two attached hydrogens (primary N) is 2. The maximum absolute atomic E-state index is 10.9. The molecule has 6 nitrogen and oxygen atoms in total. The molecule has 0 bridgehead atoms. The summed E-state index contributed by atoms with van der Waals surface area (Å²) in [5.74, 6) is -0.886. The number of carboxylic acids is 1. The molecule has 0 aromatic heterocycles. The molecule has 0 unspecified atom stereocenters. The molecule has 5 N–H and O–H groups in total. The number of carbonyl (C=O) groups is 2. The maximum Gasteiger partial charge on any atom is 0.323 e. The summed E-state index contributed by atoms with van der Waals surface area (Å²) in [5, 5.41) is 8.47. The fraction of sp³-hybridized carbons (Fsp3) is 0.714. The molecule has 0 spiro atoms. The summed E-state index contributed by atoms with van der Waals surface area (Å²) in [6, 6.07) is -1.58. The van der Waals surface area contributed by atoms with Gasteiger partial charge in [-0.25, -0.2) is 0 Å². The molecular formula is C7H15ClN2O4S2. The Morgan fingerprint density at radius 3 is 2.06 bits per heavy atom. The van der Waals surface area contributed by atoms with Crippen LogP contribution in [0.4, 0.5) is 0 Å². The highest BCUT2D eigenvalue weighted by atomic mass is 35.5. The van der Waals surface area contributed by atoms with Gasteiger partial charge in [0, 0.05) is 11.5 Å². The first kappa shape index (κ1) is 18.2. The topological polar surface area (TPSA) is 116 Å². The van der Waals surface area contributed by atoms with Crippen molar-refractivity contribution < 1.29 is 19.4 Å². The van der Waals surface area contributed by atoms with Crippen molar-refractivity contribution in [3.8, 4) is 0 Å². The molecule has 0 rings (SSSR count). The highest BCUT2D eigenvalue weighted by molar-refractivity contribution is 8.76. The van der Waals surface area contributed by atoms with Gasteiger partial charge < -0.3 is 21.3 Å². The maximum atomic E-state index is 10.9. The van der Waals surface area contributed by atoms with Crippen molar-refractivity contribution in [2.45, 2.75) is 12.1 Å². The first-order valence-corrected chi connectivity index (χ1v) is 6.54. The van der Waals surface area contributed by atoms with Crippen LogP contribution in [-0.4, -0.2) is 47.7 Å². The van der Waals surface area contributed by atoms with E-state index in [9.17, 15) is 9.59 Å². The number of hydrogen-bond donors (Lipinski definition) is 3. The summed E-state index contributed by atoms with van der Waals surface area (Å²) in [6.07, 6.45) is 0. The van der Waals surface area contributed by atoms with Gasteiger partial charge in [0.05, 0.1) is 7.11 Å². The van der Waals surface area contributed by atoms with Gasteiger partial charge in [0.2, 0.25) is 0 Å². The van der Waals surface area contributed by atoms with Crippen LogP contribution in [0.3, 0.4) is 0 Å². The van der Waals surface area contributed by atoms with Crippen LogP contribution in [0.15, 0.2) is 0 Å². The van der Waals surface area contributed by atoms with E-state index in [4.69, 9.17) is 16.6 Å². The molecule has 0 aliphatic heterocycles. The fourth-order valence-corrected chi connectivity index (χ4v) is 2.75.